The van der Waals surface area contributed by atoms with Crippen LogP contribution in [-0.2, 0) is 10.0 Å². The van der Waals surface area contributed by atoms with Gasteiger partial charge in [0, 0.05) is 17.1 Å². The van der Waals surface area contributed by atoms with Gasteiger partial charge in [-0.05, 0) is 48.9 Å². The van der Waals surface area contributed by atoms with Gasteiger partial charge in [-0.15, -0.1) is 0 Å². The molecular formula is C18H21ClN2O4S. The van der Waals surface area contributed by atoms with E-state index in [-0.39, 0.29) is 19.0 Å². The van der Waals surface area contributed by atoms with E-state index in [1.165, 1.54) is 11.4 Å². The highest BCUT2D eigenvalue weighted by atomic mass is 35.5. The molecular weight excluding hydrogens is 376 g/mol. The Hall–Kier alpha value is -2.25. The first kappa shape index (κ1) is 20.1. The van der Waals surface area contributed by atoms with Crippen LogP contribution in [0.2, 0.25) is 5.02 Å². The highest BCUT2D eigenvalue weighted by Gasteiger charge is 2.21. The number of nitrogens with one attached hydrogen (secondary N) is 1. The molecule has 0 bridgehead atoms. The van der Waals surface area contributed by atoms with E-state index < -0.39 is 10.0 Å². The Morgan fingerprint density at radius 3 is 2.42 bits per heavy atom. The number of methoxy groups -OCH3 is 1. The minimum atomic E-state index is -3.55. The lowest BCUT2D eigenvalue weighted by atomic mass is 10.2. The smallest absolute Gasteiger partial charge is 0.251 e. The number of aryl methyl sites for hydroxylation is 1. The van der Waals surface area contributed by atoms with Gasteiger partial charge >= 0.3 is 0 Å². The molecule has 140 valence electrons. The van der Waals surface area contributed by atoms with Crippen LogP contribution < -0.4 is 14.4 Å². The summed E-state index contributed by atoms with van der Waals surface area (Å²) in [7, 11) is -2.07. The number of anilines is 1. The molecule has 1 N–H and O–H groups in total. The van der Waals surface area contributed by atoms with Crippen LogP contribution in [-0.4, -0.2) is 40.8 Å². The first-order valence-corrected chi connectivity index (χ1v) is 10.1. The fraction of sp³-hybridized carbons (Fsp3) is 0.278. The minimum Gasteiger partial charge on any atom is -0.495 e. The maximum absolute atomic E-state index is 12.2. The van der Waals surface area contributed by atoms with Crippen LogP contribution in [0.3, 0.4) is 0 Å². The number of sulfonamides is 1. The standard InChI is InChI=1S/C18H21ClN2O4S/c1-13-4-9-17(25-2)16(12-13)21(26(3,23)24)11-10-20-18(22)14-5-7-15(19)8-6-14/h4-9,12H,10-11H2,1-3H3,(H,20,22). The third-order valence-corrected chi connectivity index (χ3v) is 5.14. The molecule has 6 nitrogen and oxygen atoms in total. The second kappa shape index (κ2) is 8.42. The van der Waals surface area contributed by atoms with Crippen LogP contribution >= 0.6 is 11.6 Å². The molecule has 0 aliphatic carbocycles. The molecule has 26 heavy (non-hydrogen) atoms. The van der Waals surface area contributed by atoms with Crippen molar-refractivity contribution in [2.45, 2.75) is 6.92 Å². The molecule has 0 saturated heterocycles. The number of ether oxygens (including phenoxy) is 1. The molecule has 2 aromatic carbocycles. The number of carbonyl (C=O) groups excluding carboxylic acids is 1. The quantitative estimate of drug-likeness (QED) is 0.780. The molecule has 0 fully saturated rings. The SMILES string of the molecule is COc1ccc(C)cc1N(CCNC(=O)c1ccc(Cl)cc1)S(C)(=O)=O. The summed E-state index contributed by atoms with van der Waals surface area (Å²) in [5.74, 6) is 0.149. The predicted molar refractivity (Wildman–Crippen MR) is 104 cm³/mol. The van der Waals surface area contributed by atoms with E-state index in [9.17, 15) is 13.2 Å². The van der Waals surface area contributed by atoms with Crippen molar-refractivity contribution in [3.63, 3.8) is 0 Å². The molecule has 0 aromatic heterocycles. The lowest BCUT2D eigenvalue weighted by Crippen LogP contribution is -2.38. The number of rotatable bonds is 7. The van der Waals surface area contributed by atoms with Crippen LogP contribution in [0, 0.1) is 6.92 Å². The maximum atomic E-state index is 12.2. The van der Waals surface area contributed by atoms with E-state index in [2.05, 4.69) is 5.32 Å². The number of amides is 1. The Kier molecular flexibility index (Phi) is 6.50. The van der Waals surface area contributed by atoms with Crippen molar-refractivity contribution in [2.75, 3.05) is 30.8 Å². The van der Waals surface area contributed by atoms with Gasteiger partial charge in [0.15, 0.2) is 0 Å². The zero-order chi connectivity index (χ0) is 19.3. The van der Waals surface area contributed by atoms with Crippen LogP contribution in [0.15, 0.2) is 42.5 Å². The fourth-order valence-corrected chi connectivity index (χ4v) is 3.48. The number of halogens is 1. The molecule has 1 amide bonds. The number of carbonyl (C=O) groups is 1. The summed E-state index contributed by atoms with van der Waals surface area (Å²) < 4.78 is 31.0. The average Bonchev–Trinajstić information content (AvgIpc) is 2.58. The predicted octanol–water partition coefficient (Wildman–Crippen LogP) is 2.85. The number of hydrogen-bond donors (Lipinski definition) is 1. The Balaban J connectivity index is 2.14. The Bertz CT molecular complexity index is 883. The van der Waals surface area contributed by atoms with Crippen molar-refractivity contribution in [3.05, 3.63) is 58.6 Å². The van der Waals surface area contributed by atoms with Gasteiger partial charge in [-0.2, -0.15) is 0 Å². The molecule has 0 aliphatic rings. The van der Waals surface area contributed by atoms with Crippen LogP contribution in [0.4, 0.5) is 5.69 Å². The average molecular weight is 397 g/mol. The normalized spacial score (nSPS) is 11.1. The van der Waals surface area contributed by atoms with E-state index in [0.29, 0.717) is 22.0 Å². The summed E-state index contributed by atoms with van der Waals surface area (Å²) in [6, 6.07) is 11.8. The monoisotopic (exact) mass is 396 g/mol. The molecule has 0 saturated carbocycles. The highest BCUT2D eigenvalue weighted by molar-refractivity contribution is 7.92. The largest absolute Gasteiger partial charge is 0.495 e. The summed E-state index contributed by atoms with van der Waals surface area (Å²) in [6.45, 7) is 2.09. The zero-order valence-corrected chi connectivity index (χ0v) is 16.4. The molecule has 0 aliphatic heterocycles. The summed E-state index contributed by atoms with van der Waals surface area (Å²) in [4.78, 5) is 12.2. The van der Waals surface area contributed by atoms with Gasteiger partial charge < -0.3 is 10.1 Å². The summed E-state index contributed by atoms with van der Waals surface area (Å²) in [5.41, 5.74) is 1.80. The highest BCUT2D eigenvalue weighted by Crippen LogP contribution is 2.30. The Morgan fingerprint density at radius 2 is 1.85 bits per heavy atom. The molecule has 2 rings (SSSR count). The maximum Gasteiger partial charge on any atom is 0.251 e. The van der Waals surface area contributed by atoms with E-state index in [1.807, 2.05) is 13.0 Å². The first-order valence-electron chi connectivity index (χ1n) is 7.88. The van der Waals surface area contributed by atoms with Crippen molar-refractivity contribution >= 4 is 33.2 Å². The van der Waals surface area contributed by atoms with Crippen molar-refractivity contribution < 1.29 is 17.9 Å². The number of hydrogen-bond acceptors (Lipinski definition) is 4. The summed E-state index contributed by atoms with van der Waals surface area (Å²) >= 11 is 5.80. The minimum absolute atomic E-state index is 0.0813. The van der Waals surface area contributed by atoms with Gasteiger partial charge in [0.1, 0.15) is 5.75 Å². The molecule has 0 heterocycles. The van der Waals surface area contributed by atoms with E-state index in [4.69, 9.17) is 16.3 Å². The van der Waals surface area contributed by atoms with Gasteiger partial charge in [0.2, 0.25) is 10.0 Å². The Labute approximate surface area is 158 Å². The van der Waals surface area contributed by atoms with E-state index >= 15 is 0 Å². The molecule has 8 heteroatoms. The van der Waals surface area contributed by atoms with Crippen LogP contribution in [0.1, 0.15) is 15.9 Å². The van der Waals surface area contributed by atoms with Crippen LogP contribution in [0.25, 0.3) is 0 Å². The lowest BCUT2D eigenvalue weighted by Gasteiger charge is -2.24. The lowest BCUT2D eigenvalue weighted by molar-refractivity contribution is 0.0955. The Morgan fingerprint density at radius 1 is 1.19 bits per heavy atom. The molecule has 0 spiro atoms. The molecule has 2 aromatic rings. The molecule has 0 unspecified atom stereocenters. The molecule has 0 atom stereocenters. The van der Waals surface area contributed by atoms with E-state index in [1.54, 1.807) is 36.4 Å². The summed E-state index contributed by atoms with van der Waals surface area (Å²) in [6.07, 6.45) is 1.12. The van der Waals surface area contributed by atoms with Gasteiger partial charge in [0.25, 0.3) is 5.91 Å². The third kappa shape index (κ3) is 5.12. The van der Waals surface area contributed by atoms with Crippen LogP contribution in [0.5, 0.6) is 5.75 Å². The second-order valence-corrected chi connectivity index (χ2v) is 8.12. The van der Waals surface area contributed by atoms with Gasteiger partial charge in [-0.1, -0.05) is 17.7 Å². The van der Waals surface area contributed by atoms with Gasteiger partial charge in [-0.3, -0.25) is 9.10 Å². The number of benzene rings is 2. The second-order valence-electron chi connectivity index (χ2n) is 5.77. The number of nitrogens with zero attached hydrogens (tertiary/aromatic N) is 1. The van der Waals surface area contributed by atoms with Crippen molar-refractivity contribution in [1.82, 2.24) is 5.32 Å². The van der Waals surface area contributed by atoms with Crippen molar-refractivity contribution in [1.29, 1.82) is 0 Å². The van der Waals surface area contributed by atoms with Gasteiger partial charge in [0.05, 0.1) is 25.6 Å². The van der Waals surface area contributed by atoms with Gasteiger partial charge in [-0.25, -0.2) is 8.42 Å². The first-order chi connectivity index (χ1) is 12.2. The molecule has 0 radical (unpaired) electrons. The zero-order valence-electron chi connectivity index (χ0n) is 14.8. The topological polar surface area (TPSA) is 75.7 Å². The fourth-order valence-electron chi connectivity index (χ4n) is 2.43. The summed E-state index contributed by atoms with van der Waals surface area (Å²) in [5, 5.41) is 3.25. The van der Waals surface area contributed by atoms with E-state index in [0.717, 1.165) is 11.8 Å². The van der Waals surface area contributed by atoms with Crippen molar-refractivity contribution in [2.24, 2.45) is 0 Å². The van der Waals surface area contributed by atoms with Crippen molar-refractivity contribution in [3.8, 4) is 5.75 Å². The third-order valence-electron chi connectivity index (χ3n) is 3.71.